The van der Waals surface area contributed by atoms with Crippen LogP contribution in [0.4, 0.5) is 10.6 Å². The summed E-state index contributed by atoms with van der Waals surface area (Å²) in [6, 6.07) is 13.8. The summed E-state index contributed by atoms with van der Waals surface area (Å²) in [5.74, 6) is 1.01. The standard InChI is InChI=1S/C21H29N5O/c1-3-25-11-13-26(14-12-25)20-10-9-18(15-22-20)16-23-21(27)24-17(2)19-7-5-4-6-8-19/h4-10,15,17H,3,11-14,16H2,1-2H3,(H2,23,24,27). The van der Waals surface area contributed by atoms with E-state index in [1.165, 1.54) is 0 Å². The first kappa shape index (κ1) is 19.2. The number of hydrogen-bond donors (Lipinski definition) is 2. The van der Waals surface area contributed by atoms with Crippen LogP contribution in [0.25, 0.3) is 0 Å². The number of anilines is 1. The second kappa shape index (κ2) is 9.37. The number of rotatable bonds is 6. The molecule has 6 nitrogen and oxygen atoms in total. The van der Waals surface area contributed by atoms with E-state index in [4.69, 9.17) is 0 Å². The molecule has 27 heavy (non-hydrogen) atoms. The van der Waals surface area contributed by atoms with E-state index < -0.39 is 0 Å². The van der Waals surface area contributed by atoms with Gasteiger partial charge in [0, 0.05) is 38.9 Å². The Hall–Kier alpha value is -2.60. The highest BCUT2D eigenvalue weighted by molar-refractivity contribution is 5.74. The average Bonchev–Trinajstić information content (AvgIpc) is 2.73. The van der Waals surface area contributed by atoms with Gasteiger partial charge in [-0.25, -0.2) is 9.78 Å². The van der Waals surface area contributed by atoms with Crippen LogP contribution in [0.2, 0.25) is 0 Å². The fourth-order valence-electron chi connectivity index (χ4n) is 3.26. The number of likely N-dealkylation sites (N-methyl/N-ethyl adjacent to an activating group) is 1. The van der Waals surface area contributed by atoms with Gasteiger partial charge < -0.3 is 20.4 Å². The van der Waals surface area contributed by atoms with Crippen molar-refractivity contribution < 1.29 is 4.79 Å². The molecule has 0 radical (unpaired) electrons. The van der Waals surface area contributed by atoms with Crippen molar-refractivity contribution in [3.63, 3.8) is 0 Å². The number of pyridine rings is 1. The van der Waals surface area contributed by atoms with Crippen molar-refractivity contribution in [3.8, 4) is 0 Å². The summed E-state index contributed by atoms with van der Waals surface area (Å²) in [7, 11) is 0. The number of carbonyl (C=O) groups excluding carboxylic acids is 1. The van der Waals surface area contributed by atoms with E-state index in [-0.39, 0.29) is 12.1 Å². The van der Waals surface area contributed by atoms with Crippen molar-refractivity contribution in [1.82, 2.24) is 20.5 Å². The van der Waals surface area contributed by atoms with Crippen LogP contribution < -0.4 is 15.5 Å². The number of nitrogens with one attached hydrogen (secondary N) is 2. The number of hydrogen-bond acceptors (Lipinski definition) is 4. The normalized spacial score (nSPS) is 16.0. The van der Waals surface area contributed by atoms with Gasteiger partial charge in [-0.2, -0.15) is 0 Å². The van der Waals surface area contributed by atoms with E-state index >= 15 is 0 Å². The number of benzene rings is 1. The highest BCUT2D eigenvalue weighted by atomic mass is 16.2. The van der Waals surface area contributed by atoms with Crippen LogP contribution >= 0.6 is 0 Å². The van der Waals surface area contributed by atoms with Gasteiger partial charge in [0.25, 0.3) is 0 Å². The molecule has 1 aliphatic heterocycles. The zero-order valence-corrected chi connectivity index (χ0v) is 16.2. The van der Waals surface area contributed by atoms with Crippen molar-refractivity contribution in [2.75, 3.05) is 37.6 Å². The Kier molecular flexibility index (Phi) is 6.65. The fraction of sp³-hybridized carbons (Fsp3) is 0.429. The Bertz CT molecular complexity index is 711. The molecule has 1 aromatic heterocycles. The number of amides is 2. The van der Waals surface area contributed by atoms with Gasteiger partial charge in [0.15, 0.2) is 0 Å². The monoisotopic (exact) mass is 367 g/mol. The van der Waals surface area contributed by atoms with Crippen molar-refractivity contribution in [2.24, 2.45) is 0 Å². The van der Waals surface area contributed by atoms with Crippen molar-refractivity contribution in [1.29, 1.82) is 0 Å². The molecule has 2 aromatic rings. The van der Waals surface area contributed by atoms with Crippen molar-refractivity contribution >= 4 is 11.8 Å². The van der Waals surface area contributed by atoms with E-state index in [9.17, 15) is 4.79 Å². The summed E-state index contributed by atoms with van der Waals surface area (Å²) in [5, 5.41) is 5.86. The maximum Gasteiger partial charge on any atom is 0.315 e. The molecule has 1 saturated heterocycles. The van der Waals surface area contributed by atoms with Gasteiger partial charge in [-0.1, -0.05) is 43.3 Å². The summed E-state index contributed by atoms with van der Waals surface area (Å²) >= 11 is 0. The van der Waals surface area contributed by atoms with E-state index in [1.54, 1.807) is 0 Å². The van der Waals surface area contributed by atoms with Gasteiger partial charge in [0.05, 0.1) is 6.04 Å². The second-order valence-corrected chi connectivity index (χ2v) is 6.91. The topological polar surface area (TPSA) is 60.5 Å². The molecule has 3 rings (SSSR count). The Morgan fingerprint density at radius 3 is 2.48 bits per heavy atom. The molecule has 1 fully saturated rings. The summed E-state index contributed by atoms with van der Waals surface area (Å²) in [6.45, 7) is 9.94. The van der Waals surface area contributed by atoms with Crippen LogP contribution in [-0.2, 0) is 6.54 Å². The van der Waals surface area contributed by atoms with Gasteiger partial charge >= 0.3 is 6.03 Å². The predicted octanol–water partition coefficient (Wildman–Crippen LogP) is 2.78. The minimum absolute atomic E-state index is 0.0338. The molecule has 0 saturated carbocycles. The largest absolute Gasteiger partial charge is 0.354 e. The SMILES string of the molecule is CCN1CCN(c2ccc(CNC(=O)NC(C)c3ccccc3)cn2)CC1. The number of nitrogens with zero attached hydrogens (tertiary/aromatic N) is 3. The molecule has 2 amide bonds. The van der Waals surface area contributed by atoms with Crippen LogP contribution in [0.1, 0.15) is 31.0 Å². The first-order valence-electron chi connectivity index (χ1n) is 9.67. The van der Waals surface area contributed by atoms with Crippen LogP contribution in [0, 0.1) is 0 Å². The lowest BCUT2D eigenvalue weighted by Crippen LogP contribution is -2.46. The third-order valence-corrected chi connectivity index (χ3v) is 5.05. The number of piperazine rings is 1. The molecule has 2 N–H and O–H groups in total. The first-order chi connectivity index (χ1) is 13.2. The molecule has 1 atom stereocenters. The molecular formula is C21H29N5O. The minimum atomic E-state index is -0.175. The number of carbonyl (C=O) groups is 1. The number of aromatic nitrogens is 1. The smallest absolute Gasteiger partial charge is 0.315 e. The van der Waals surface area contributed by atoms with Crippen molar-refractivity contribution in [2.45, 2.75) is 26.4 Å². The average molecular weight is 367 g/mol. The molecule has 6 heteroatoms. The molecule has 1 unspecified atom stereocenters. The maximum absolute atomic E-state index is 12.1. The van der Waals surface area contributed by atoms with Gasteiger partial charge in [0.1, 0.15) is 5.82 Å². The molecule has 2 heterocycles. The predicted molar refractivity (Wildman–Crippen MR) is 109 cm³/mol. The molecular weight excluding hydrogens is 338 g/mol. The lowest BCUT2D eigenvalue weighted by Gasteiger charge is -2.34. The first-order valence-corrected chi connectivity index (χ1v) is 9.67. The third-order valence-electron chi connectivity index (χ3n) is 5.05. The molecule has 144 valence electrons. The third kappa shape index (κ3) is 5.44. The van der Waals surface area contributed by atoms with Gasteiger partial charge in [-0.15, -0.1) is 0 Å². The Balaban J connectivity index is 1.45. The molecule has 0 aliphatic carbocycles. The van der Waals surface area contributed by atoms with E-state index in [1.807, 2.05) is 55.6 Å². The summed E-state index contributed by atoms with van der Waals surface area (Å²) in [5.41, 5.74) is 2.08. The van der Waals surface area contributed by atoms with Crippen LogP contribution in [0.3, 0.4) is 0 Å². The molecule has 0 bridgehead atoms. The van der Waals surface area contributed by atoms with Crippen molar-refractivity contribution in [3.05, 3.63) is 59.8 Å². The minimum Gasteiger partial charge on any atom is -0.354 e. The summed E-state index contributed by atoms with van der Waals surface area (Å²) < 4.78 is 0. The lowest BCUT2D eigenvalue weighted by molar-refractivity contribution is 0.237. The summed E-state index contributed by atoms with van der Waals surface area (Å²) in [6.07, 6.45) is 1.85. The Labute approximate surface area is 161 Å². The van der Waals surface area contributed by atoms with E-state index in [0.29, 0.717) is 6.54 Å². The highest BCUT2D eigenvalue weighted by Gasteiger charge is 2.16. The number of urea groups is 1. The van der Waals surface area contributed by atoms with Crippen LogP contribution in [0.15, 0.2) is 48.7 Å². The van der Waals surface area contributed by atoms with Gasteiger partial charge in [0.2, 0.25) is 0 Å². The molecule has 0 spiro atoms. The Morgan fingerprint density at radius 2 is 1.85 bits per heavy atom. The highest BCUT2D eigenvalue weighted by Crippen LogP contribution is 2.14. The Morgan fingerprint density at radius 1 is 1.11 bits per heavy atom. The quantitative estimate of drug-likeness (QED) is 0.824. The zero-order chi connectivity index (χ0) is 19.1. The van der Waals surface area contributed by atoms with Gasteiger partial charge in [-0.05, 0) is 30.7 Å². The summed E-state index contributed by atoms with van der Waals surface area (Å²) in [4.78, 5) is 21.5. The zero-order valence-electron chi connectivity index (χ0n) is 16.2. The van der Waals surface area contributed by atoms with E-state index in [0.717, 1.165) is 49.7 Å². The molecule has 1 aromatic carbocycles. The fourth-order valence-corrected chi connectivity index (χ4v) is 3.26. The molecule has 1 aliphatic rings. The van der Waals surface area contributed by atoms with Gasteiger partial charge in [-0.3, -0.25) is 0 Å². The lowest BCUT2D eigenvalue weighted by atomic mass is 10.1. The van der Waals surface area contributed by atoms with E-state index in [2.05, 4.69) is 32.3 Å². The second-order valence-electron chi connectivity index (χ2n) is 6.91. The van der Waals surface area contributed by atoms with Crippen LogP contribution in [0.5, 0.6) is 0 Å². The maximum atomic E-state index is 12.1. The van der Waals surface area contributed by atoms with Crippen LogP contribution in [-0.4, -0.2) is 48.6 Å².